The summed E-state index contributed by atoms with van der Waals surface area (Å²) in [6.45, 7) is 8.44. The number of likely N-dealkylation sites (N-methyl/N-ethyl adjacent to an activating group) is 3. The SMILES string of the molecule is CCCC[C@H]1C(=O)N(C)[C@@H](CCCC)C(=O)N[C@@H](CCCNC(=N)N)C(=O)N[C@H](C(=O)NCC(N)=O)CSCC(=O)N[C@@H](Cc2ccc(O)cc2)C(=O)N(C)[C@@H](C)C(=O)N[C@@H](CC(N)=O)C(=O)N2CCC[C@H]2C(=O)N[C@@H](Cc2cnc[nH]2)C(=O)N[C@@H](CC(C)C)C(=O)N2C[C@H](C)C[C@H]2C(=O)N[C@@H](Cc2c[nH]c3ccccc23)C(=O)N[C@@H](CO)C(=O)N[C@@H](Cc2c[nH]c3ccccc23)C(=O)N1C. The molecule has 43 nitrogen and oxygen atoms in total. The lowest BCUT2D eigenvalue weighted by molar-refractivity contribution is -0.149. The number of hydrogen-bond acceptors (Lipinski definition) is 22. The zero-order valence-corrected chi connectivity index (χ0v) is 78.9. The van der Waals surface area contributed by atoms with E-state index in [0.29, 0.717) is 69.9 Å². The topological polar surface area (TPSA) is 641 Å². The zero-order chi connectivity index (χ0) is 99.3. The van der Waals surface area contributed by atoms with Gasteiger partial charge in [0.05, 0.1) is 31.7 Å². The number of rotatable bonds is 26. The van der Waals surface area contributed by atoms with Crippen LogP contribution in [0.2, 0.25) is 0 Å². The second-order valence-electron chi connectivity index (χ2n) is 35.4. The molecular formula is C92H130N24O19S. The molecule has 6 heterocycles. The summed E-state index contributed by atoms with van der Waals surface area (Å²) in [6.07, 6.45) is 5.89. The molecule has 0 bridgehead atoms. The van der Waals surface area contributed by atoms with Crippen molar-refractivity contribution in [3.8, 4) is 5.75 Å². The average Bonchev–Trinajstić information content (AvgIpc) is 1.53. The van der Waals surface area contributed by atoms with Gasteiger partial charge in [0.25, 0.3) is 0 Å². The van der Waals surface area contributed by atoms with Gasteiger partial charge in [-0.05, 0) is 111 Å². The molecule has 3 fully saturated rings. The lowest BCUT2D eigenvalue weighted by Gasteiger charge is -2.36. The maximum absolute atomic E-state index is 15.8. The molecule has 136 heavy (non-hydrogen) atoms. The number of imidazole rings is 1. The summed E-state index contributed by atoms with van der Waals surface area (Å²) in [6, 6.07) is -1.44. The van der Waals surface area contributed by atoms with E-state index < -0.39 is 222 Å². The van der Waals surface area contributed by atoms with Gasteiger partial charge in [0.15, 0.2) is 5.96 Å². The number of benzene rings is 3. The highest BCUT2D eigenvalue weighted by atomic mass is 32.2. The van der Waals surface area contributed by atoms with E-state index >= 15 is 38.4 Å². The minimum atomic E-state index is -1.86. The Morgan fingerprint density at radius 1 is 0.544 bits per heavy atom. The minimum absolute atomic E-state index is 0.000691. The van der Waals surface area contributed by atoms with Crippen LogP contribution in [0.1, 0.15) is 147 Å². The number of unbranched alkanes of at least 4 members (excludes halogenated alkanes) is 2. The first kappa shape index (κ1) is 106. The summed E-state index contributed by atoms with van der Waals surface area (Å²) in [7, 11) is 3.94. The summed E-state index contributed by atoms with van der Waals surface area (Å²) in [5.74, 6) is -17.7. The first-order chi connectivity index (χ1) is 64.8. The number of aromatic nitrogens is 4. The summed E-state index contributed by atoms with van der Waals surface area (Å²) in [4.78, 5) is 270. The number of thioether (sulfide) groups is 1. The molecule has 23 N–H and O–H groups in total. The fraction of sp³-hybridized carbons (Fsp3) is 0.533. The zero-order valence-electron chi connectivity index (χ0n) is 78.1. The molecule has 0 unspecified atom stereocenters. The average molecular weight is 1910 g/mol. The van der Waals surface area contributed by atoms with Crippen LogP contribution >= 0.6 is 11.8 Å². The first-order valence-corrected chi connectivity index (χ1v) is 47.0. The number of carbonyl (C=O) groups is 17. The van der Waals surface area contributed by atoms with Gasteiger partial charge >= 0.3 is 0 Å². The molecule has 6 aromatic rings. The second-order valence-corrected chi connectivity index (χ2v) is 36.5. The number of nitrogens with zero attached hydrogens (tertiary/aromatic N) is 6. The molecule has 0 spiro atoms. The van der Waals surface area contributed by atoms with E-state index in [9.17, 15) is 53.4 Å². The number of aromatic hydroxyl groups is 1. The van der Waals surface area contributed by atoms with Crippen LogP contribution in [0.25, 0.3) is 21.8 Å². The maximum atomic E-state index is 15.8. The van der Waals surface area contributed by atoms with Crippen molar-refractivity contribution in [1.82, 2.24) is 103 Å². The molecule has 3 aliphatic rings. The van der Waals surface area contributed by atoms with Crippen molar-refractivity contribution in [1.29, 1.82) is 5.41 Å². The maximum Gasteiger partial charge on any atom is 0.246 e. The van der Waals surface area contributed by atoms with Gasteiger partial charge in [0.1, 0.15) is 90.3 Å². The standard InChI is InChI=1S/C92H130N24O19S/c1-10-12-25-71-84(128)104-62(24-18-32-98-92(95)96)80(124)111-70(79(123)101-44-76(94)120)47-136-48-77(121)103-66(36-53-28-30-57(118)31-29-53)87(131)112(7)52(6)78(122)107-68(40-75(93)119)89(133)115-33-19-27-72(115)85(129)106-64(39-56-43-97-49-102-56)82(126)108-65(34-50(3)4)90(134)116-45-51(5)35-74(116)86(130)105-63(37-54-41-99-60-22-16-14-20-58(54)60)81(125)110-69(46-117)83(127)109-67(38-55-42-100-61-23-17-15-21-59(55)61)88(132)114(9)73(26-13-11-2)91(135)113(71)8/h14-17,20-23,28-31,41-43,49-52,62-74,99-100,117-118H,10-13,18-19,24-27,32-40,44-48H2,1-9H3,(H2,93,119)(H2,94,120)(H,97,102)(H,101,123)(H,103,121)(H,104,128)(H,105,130)(H,106,129)(H,107,122)(H,108,126)(H,109,127)(H,110,125)(H,111,124)(H4,95,96,98)/t51-,52+,62+,63+,64+,65+,66+,67+,68+,69+,70+,71+,72+,73+,74+/m1/s1. The van der Waals surface area contributed by atoms with Crippen LogP contribution < -0.4 is 75.7 Å². The highest BCUT2D eigenvalue weighted by molar-refractivity contribution is 8.00. The number of primary amides is 2. The molecule has 3 saturated heterocycles. The van der Waals surface area contributed by atoms with Crippen LogP contribution in [0.3, 0.4) is 0 Å². The number of nitrogens with two attached hydrogens (primary N) is 3. The third-order valence-electron chi connectivity index (χ3n) is 24.6. The normalized spacial score (nSPS) is 24.7. The third kappa shape index (κ3) is 29.4. The van der Waals surface area contributed by atoms with Crippen LogP contribution in [-0.4, -0.2) is 311 Å². The fourth-order valence-corrected chi connectivity index (χ4v) is 17.9. The van der Waals surface area contributed by atoms with Gasteiger partial charge < -0.3 is 125 Å². The van der Waals surface area contributed by atoms with Gasteiger partial charge in [-0.15, -0.1) is 11.8 Å². The Hall–Kier alpha value is -13.7. The van der Waals surface area contributed by atoms with E-state index in [1.807, 2.05) is 13.8 Å². The third-order valence-corrected chi connectivity index (χ3v) is 25.6. The predicted molar refractivity (Wildman–Crippen MR) is 503 cm³/mol. The number of nitrogens with one attached hydrogen (secondary N) is 15. The fourth-order valence-electron chi connectivity index (χ4n) is 17.0. The number of hydrogen-bond donors (Lipinski definition) is 20. The minimum Gasteiger partial charge on any atom is -0.508 e. The van der Waals surface area contributed by atoms with Crippen LogP contribution in [-0.2, 0) is 107 Å². The van der Waals surface area contributed by atoms with Crippen molar-refractivity contribution in [3.63, 3.8) is 0 Å². The number of para-hydroxylation sites is 2. The molecule has 3 aliphatic heterocycles. The molecule has 0 radical (unpaired) electrons. The molecule has 3 aromatic carbocycles. The summed E-state index contributed by atoms with van der Waals surface area (Å²) < 4.78 is 0. The van der Waals surface area contributed by atoms with E-state index in [-0.39, 0.29) is 114 Å². The number of fused-ring (bicyclic) bond motifs is 4. The highest BCUT2D eigenvalue weighted by Gasteiger charge is 2.47. The van der Waals surface area contributed by atoms with Crippen LogP contribution in [0, 0.1) is 17.2 Å². The van der Waals surface area contributed by atoms with E-state index in [2.05, 4.69) is 78.4 Å². The van der Waals surface area contributed by atoms with Crippen LogP contribution in [0.4, 0.5) is 0 Å². The Morgan fingerprint density at radius 2 is 1.08 bits per heavy atom. The van der Waals surface area contributed by atoms with Gasteiger partial charge in [-0.1, -0.05) is 109 Å². The van der Waals surface area contributed by atoms with Gasteiger partial charge in [-0.3, -0.25) is 86.9 Å². The molecule has 0 saturated carbocycles. The Balaban J connectivity index is 1.10. The molecule has 9 rings (SSSR count). The van der Waals surface area contributed by atoms with Crippen molar-refractivity contribution in [3.05, 3.63) is 120 Å². The molecule has 15 atom stereocenters. The summed E-state index contributed by atoms with van der Waals surface area (Å²) >= 11 is 0.766. The number of aromatic amines is 3. The molecule has 0 aliphatic carbocycles. The predicted octanol–water partition coefficient (Wildman–Crippen LogP) is -1.65. The molecule has 17 amide bonds. The van der Waals surface area contributed by atoms with Crippen molar-refractivity contribution in [2.24, 2.45) is 29.0 Å². The van der Waals surface area contributed by atoms with Gasteiger partial charge in [0.2, 0.25) is 100 Å². The van der Waals surface area contributed by atoms with Crippen molar-refractivity contribution >= 4 is 140 Å². The van der Waals surface area contributed by atoms with E-state index in [1.54, 1.807) is 81.7 Å². The largest absolute Gasteiger partial charge is 0.508 e. The van der Waals surface area contributed by atoms with Gasteiger partial charge in [0, 0.05) is 118 Å². The van der Waals surface area contributed by atoms with E-state index in [0.717, 1.165) is 31.4 Å². The number of H-pyrrole nitrogens is 3. The van der Waals surface area contributed by atoms with E-state index in [4.69, 9.17) is 22.6 Å². The Kier molecular flexibility index (Phi) is 39.4. The number of carbonyl (C=O) groups excluding carboxylic acids is 17. The number of phenolic OH excluding ortho intramolecular Hbond substituents is 1. The van der Waals surface area contributed by atoms with Crippen LogP contribution in [0.5, 0.6) is 5.75 Å². The number of amides is 17. The number of aliphatic hydroxyl groups excluding tert-OH is 1. The van der Waals surface area contributed by atoms with Crippen molar-refractivity contribution in [2.45, 2.75) is 235 Å². The van der Waals surface area contributed by atoms with Crippen molar-refractivity contribution in [2.75, 3.05) is 65.4 Å². The van der Waals surface area contributed by atoms with E-state index in [1.165, 1.54) is 69.8 Å². The quantitative estimate of drug-likeness (QED) is 0.0164. The number of guanidine groups is 1. The molecule has 44 heteroatoms. The van der Waals surface area contributed by atoms with Gasteiger partial charge in [-0.25, -0.2) is 4.98 Å². The first-order valence-electron chi connectivity index (χ1n) is 45.9. The molecular weight excluding hydrogens is 1780 g/mol. The lowest BCUT2D eigenvalue weighted by Crippen LogP contribution is -2.62. The summed E-state index contributed by atoms with van der Waals surface area (Å²) in [5, 5.41) is 60.1. The Morgan fingerprint density at radius 3 is 1.68 bits per heavy atom. The molecule has 738 valence electrons. The van der Waals surface area contributed by atoms with Crippen LogP contribution in [0.15, 0.2) is 97.7 Å². The van der Waals surface area contributed by atoms with Crippen molar-refractivity contribution < 1.29 is 91.7 Å². The smallest absolute Gasteiger partial charge is 0.246 e. The second kappa shape index (κ2) is 50.6. The monoisotopic (exact) mass is 1910 g/mol. The Bertz CT molecular complexity index is 5240. The number of phenols is 1. The Labute approximate surface area is 791 Å². The lowest BCUT2D eigenvalue weighted by atomic mass is 10.00. The summed E-state index contributed by atoms with van der Waals surface area (Å²) in [5.41, 5.74) is 19.9. The van der Waals surface area contributed by atoms with Gasteiger partial charge in [-0.2, -0.15) is 0 Å². The number of aliphatic hydroxyl groups is 1. The molecule has 3 aromatic heterocycles. The highest BCUT2D eigenvalue weighted by Crippen LogP contribution is 2.29.